The summed E-state index contributed by atoms with van der Waals surface area (Å²) in [6.07, 6.45) is 10.9. The van der Waals surface area contributed by atoms with Gasteiger partial charge in [0, 0.05) is 29.8 Å². The number of aromatic nitrogens is 1. The molecule has 0 aliphatic carbocycles. The number of pyridine rings is 1. The molecule has 0 bridgehead atoms. The summed E-state index contributed by atoms with van der Waals surface area (Å²) in [6, 6.07) is 17.2. The molecule has 0 fully saturated rings. The molecule has 1 aliphatic heterocycles. The van der Waals surface area contributed by atoms with Gasteiger partial charge in [-0.2, -0.15) is 0 Å². The maximum Gasteiger partial charge on any atom is 0.0410 e. The lowest BCUT2D eigenvalue weighted by atomic mass is 9.95. The monoisotopic (exact) mass is 322 g/mol. The molecule has 1 aromatic carbocycles. The third-order valence-electron chi connectivity index (χ3n) is 4.56. The van der Waals surface area contributed by atoms with Crippen molar-refractivity contribution in [2.75, 3.05) is 4.90 Å². The van der Waals surface area contributed by atoms with E-state index in [-0.39, 0.29) is 0 Å². The summed E-state index contributed by atoms with van der Waals surface area (Å²) in [7, 11) is 0. The van der Waals surface area contributed by atoms with Gasteiger partial charge >= 0.3 is 0 Å². The highest BCUT2D eigenvalue weighted by molar-refractivity contribution is 5.55. The van der Waals surface area contributed by atoms with Crippen molar-refractivity contribution >= 4 is 5.69 Å². The largest absolute Gasteiger partial charge is 0.342 e. The molecule has 0 saturated carbocycles. The third kappa shape index (κ3) is 4.70. The van der Waals surface area contributed by atoms with E-state index in [2.05, 4.69) is 67.1 Å². The Kier molecular flexibility index (Phi) is 7.54. The average molecular weight is 322 g/mol. The zero-order chi connectivity index (χ0) is 17.2. The molecule has 2 aromatic rings. The first-order chi connectivity index (χ1) is 11.8. The molecule has 24 heavy (non-hydrogen) atoms. The van der Waals surface area contributed by atoms with Crippen molar-refractivity contribution < 1.29 is 0 Å². The smallest absolute Gasteiger partial charge is 0.0410 e. The Bertz CT molecular complexity index is 565. The van der Waals surface area contributed by atoms with Gasteiger partial charge in [-0.25, -0.2) is 0 Å². The highest BCUT2D eigenvalue weighted by Gasteiger charge is 2.32. The molecule has 0 amide bonds. The third-order valence-corrected chi connectivity index (χ3v) is 4.56. The first-order valence-corrected chi connectivity index (χ1v) is 9.21. The number of benzene rings is 1. The second-order valence-corrected chi connectivity index (χ2v) is 6.17. The first kappa shape index (κ1) is 18.3. The summed E-state index contributed by atoms with van der Waals surface area (Å²) in [4.78, 5) is 6.37. The van der Waals surface area contributed by atoms with Crippen LogP contribution in [0.15, 0.2) is 72.7 Å². The van der Waals surface area contributed by atoms with Crippen LogP contribution in [0.25, 0.3) is 0 Å². The summed E-state index contributed by atoms with van der Waals surface area (Å²) in [5.74, 6) is 0.722. The van der Waals surface area contributed by atoms with Gasteiger partial charge < -0.3 is 4.90 Å². The highest BCUT2D eigenvalue weighted by Crippen LogP contribution is 2.37. The minimum absolute atomic E-state index is 0.664. The van der Waals surface area contributed by atoms with Crippen LogP contribution in [0.4, 0.5) is 5.69 Å². The minimum atomic E-state index is 0.664. The van der Waals surface area contributed by atoms with Crippen LogP contribution < -0.4 is 4.90 Å². The van der Waals surface area contributed by atoms with Crippen LogP contribution in [0.3, 0.4) is 0 Å². The topological polar surface area (TPSA) is 16.1 Å². The lowest BCUT2D eigenvalue weighted by Gasteiger charge is -2.32. The standard InChI is InChI=1S/C17H25N.C5H5N/c1-4-10-17-14(5-2)13-15(6-3)18(17)16-11-8-7-9-12-16;1-2-4-6-5-3-1/h7-9,11-14,17H,4-6,10H2,1-3H3;1-5H. The molecular weight excluding hydrogens is 292 g/mol. The van der Waals surface area contributed by atoms with Crippen LogP contribution in [0, 0.1) is 5.92 Å². The Morgan fingerprint density at radius 3 is 2.04 bits per heavy atom. The molecule has 128 valence electrons. The normalized spacial score (nSPS) is 19.5. The second-order valence-electron chi connectivity index (χ2n) is 6.17. The van der Waals surface area contributed by atoms with E-state index in [1.54, 1.807) is 12.4 Å². The van der Waals surface area contributed by atoms with Gasteiger partial charge in [0.05, 0.1) is 0 Å². The fourth-order valence-corrected chi connectivity index (χ4v) is 3.42. The van der Waals surface area contributed by atoms with Crippen molar-refractivity contribution in [3.63, 3.8) is 0 Å². The lowest BCUT2D eigenvalue weighted by molar-refractivity contribution is 0.469. The average Bonchev–Trinajstić information content (AvgIpc) is 3.02. The van der Waals surface area contributed by atoms with Crippen LogP contribution in [0.1, 0.15) is 46.5 Å². The predicted octanol–water partition coefficient (Wildman–Crippen LogP) is 6.08. The molecule has 0 saturated heterocycles. The number of rotatable bonds is 5. The van der Waals surface area contributed by atoms with E-state index in [1.807, 2.05) is 18.2 Å². The van der Waals surface area contributed by atoms with E-state index < -0.39 is 0 Å². The summed E-state index contributed by atoms with van der Waals surface area (Å²) < 4.78 is 0. The van der Waals surface area contributed by atoms with Gasteiger partial charge in [-0.1, -0.05) is 57.5 Å². The summed E-state index contributed by atoms with van der Waals surface area (Å²) in [5.41, 5.74) is 2.87. The number of para-hydroxylation sites is 1. The maximum absolute atomic E-state index is 3.78. The zero-order valence-corrected chi connectivity index (χ0v) is 15.2. The van der Waals surface area contributed by atoms with Crippen LogP contribution in [-0.4, -0.2) is 11.0 Å². The molecule has 2 nitrogen and oxygen atoms in total. The predicted molar refractivity (Wildman–Crippen MR) is 104 cm³/mol. The fourth-order valence-electron chi connectivity index (χ4n) is 3.42. The molecule has 0 N–H and O–H groups in total. The van der Waals surface area contributed by atoms with Crippen molar-refractivity contribution in [2.45, 2.75) is 52.5 Å². The maximum atomic E-state index is 3.78. The molecule has 3 rings (SSSR count). The first-order valence-electron chi connectivity index (χ1n) is 9.21. The van der Waals surface area contributed by atoms with Crippen LogP contribution in [0.2, 0.25) is 0 Å². The number of allylic oxidation sites excluding steroid dienone is 1. The van der Waals surface area contributed by atoms with Gasteiger partial charge in [0.25, 0.3) is 0 Å². The molecule has 2 heteroatoms. The van der Waals surface area contributed by atoms with Gasteiger partial charge in [-0.3, -0.25) is 4.98 Å². The van der Waals surface area contributed by atoms with E-state index >= 15 is 0 Å². The summed E-state index contributed by atoms with van der Waals surface area (Å²) >= 11 is 0. The van der Waals surface area contributed by atoms with Gasteiger partial charge in [0.15, 0.2) is 0 Å². The Labute approximate surface area is 147 Å². The van der Waals surface area contributed by atoms with Crippen molar-refractivity contribution in [1.82, 2.24) is 4.98 Å². The van der Waals surface area contributed by atoms with E-state index in [0.29, 0.717) is 6.04 Å². The van der Waals surface area contributed by atoms with E-state index in [1.165, 1.54) is 30.6 Å². The van der Waals surface area contributed by atoms with Gasteiger partial charge in [-0.15, -0.1) is 0 Å². The van der Waals surface area contributed by atoms with E-state index in [0.717, 1.165) is 12.3 Å². The highest BCUT2D eigenvalue weighted by atomic mass is 15.2. The molecule has 2 atom stereocenters. The van der Waals surface area contributed by atoms with Crippen LogP contribution >= 0.6 is 0 Å². The Hall–Kier alpha value is -2.09. The molecule has 0 radical (unpaired) electrons. The quantitative estimate of drug-likeness (QED) is 0.663. The fraction of sp³-hybridized carbons (Fsp3) is 0.409. The molecule has 0 spiro atoms. The Morgan fingerprint density at radius 2 is 1.58 bits per heavy atom. The van der Waals surface area contributed by atoms with Gasteiger partial charge in [0.1, 0.15) is 0 Å². The molecule has 2 heterocycles. The van der Waals surface area contributed by atoms with Crippen molar-refractivity contribution in [1.29, 1.82) is 0 Å². The second kappa shape index (κ2) is 9.92. The van der Waals surface area contributed by atoms with Crippen LogP contribution in [-0.2, 0) is 0 Å². The lowest BCUT2D eigenvalue weighted by Crippen LogP contribution is -2.33. The van der Waals surface area contributed by atoms with Gasteiger partial charge in [0.2, 0.25) is 0 Å². The van der Waals surface area contributed by atoms with Crippen molar-refractivity contribution in [3.8, 4) is 0 Å². The van der Waals surface area contributed by atoms with Crippen molar-refractivity contribution in [3.05, 3.63) is 72.7 Å². The zero-order valence-electron chi connectivity index (χ0n) is 15.2. The van der Waals surface area contributed by atoms with E-state index in [4.69, 9.17) is 0 Å². The minimum Gasteiger partial charge on any atom is -0.342 e. The molecular formula is C22H30N2. The molecule has 2 unspecified atom stereocenters. The van der Waals surface area contributed by atoms with Crippen LogP contribution in [0.5, 0.6) is 0 Å². The Morgan fingerprint density at radius 1 is 0.917 bits per heavy atom. The number of anilines is 1. The Balaban J connectivity index is 0.000000292. The number of hydrogen-bond donors (Lipinski definition) is 0. The number of nitrogens with zero attached hydrogens (tertiary/aromatic N) is 2. The van der Waals surface area contributed by atoms with Gasteiger partial charge in [-0.05, 0) is 49.4 Å². The van der Waals surface area contributed by atoms with Crippen molar-refractivity contribution in [2.24, 2.45) is 5.92 Å². The number of hydrogen-bond acceptors (Lipinski definition) is 2. The molecule has 1 aromatic heterocycles. The van der Waals surface area contributed by atoms with E-state index in [9.17, 15) is 0 Å². The SMILES string of the molecule is CCCC1C(CC)C=C(CC)N1c1ccccc1.c1ccncc1. The summed E-state index contributed by atoms with van der Waals surface area (Å²) in [5, 5.41) is 0. The molecule has 1 aliphatic rings. The summed E-state index contributed by atoms with van der Waals surface area (Å²) in [6.45, 7) is 6.87.